The Balaban J connectivity index is 1.63. The van der Waals surface area contributed by atoms with Gasteiger partial charge in [-0.05, 0) is 38.0 Å². The summed E-state index contributed by atoms with van der Waals surface area (Å²) in [5, 5.41) is 14.5. The minimum Gasteiger partial charge on any atom is -0.376 e. The van der Waals surface area contributed by atoms with Crippen LogP contribution in [-0.2, 0) is 16.1 Å². The molecule has 0 saturated carbocycles. The van der Waals surface area contributed by atoms with E-state index in [2.05, 4.69) is 37.2 Å². The Morgan fingerprint density at radius 1 is 1.24 bits per heavy atom. The molecule has 2 fully saturated rings. The van der Waals surface area contributed by atoms with Gasteiger partial charge in [-0.3, -0.25) is 14.7 Å². The van der Waals surface area contributed by atoms with Crippen LogP contribution in [0, 0.1) is 5.92 Å². The summed E-state index contributed by atoms with van der Waals surface area (Å²) in [5.74, 6) is 1.36. The second kappa shape index (κ2) is 10.8. The van der Waals surface area contributed by atoms with Crippen molar-refractivity contribution in [2.75, 3.05) is 36.9 Å². The van der Waals surface area contributed by atoms with Gasteiger partial charge >= 0.3 is 6.03 Å². The lowest BCUT2D eigenvalue weighted by molar-refractivity contribution is -0.117. The zero-order valence-electron chi connectivity index (χ0n) is 17.4. The van der Waals surface area contributed by atoms with E-state index in [1.807, 2.05) is 6.92 Å². The third-order valence-electron chi connectivity index (χ3n) is 5.29. The van der Waals surface area contributed by atoms with Gasteiger partial charge in [-0.25, -0.2) is 4.79 Å². The number of ether oxygens (including phenoxy) is 1. The van der Waals surface area contributed by atoms with E-state index in [0.717, 1.165) is 63.7 Å². The van der Waals surface area contributed by atoms with Crippen LogP contribution in [0.2, 0.25) is 0 Å². The molecule has 2 saturated heterocycles. The van der Waals surface area contributed by atoms with E-state index in [1.165, 1.54) is 11.8 Å². The van der Waals surface area contributed by atoms with Gasteiger partial charge in [0.2, 0.25) is 11.9 Å². The van der Waals surface area contributed by atoms with E-state index in [0.29, 0.717) is 18.2 Å². The maximum absolute atomic E-state index is 12.1. The van der Waals surface area contributed by atoms with Gasteiger partial charge in [-0.15, -0.1) is 10.2 Å². The average Bonchev–Trinajstić information content (AvgIpc) is 3.36. The fourth-order valence-corrected chi connectivity index (χ4v) is 4.30. The molecule has 0 bridgehead atoms. The molecule has 0 spiro atoms. The van der Waals surface area contributed by atoms with E-state index in [1.54, 1.807) is 0 Å². The van der Waals surface area contributed by atoms with Crippen molar-refractivity contribution in [2.45, 2.75) is 63.8 Å². The largest absolute Gasteiger partial charge is 0.376 e. The first-order chi connectivity index (χ1) is 14.1. The second-order valence-electron chi connectivity index (χ2n) is 7.79. The van der Waals surface area contributed by atoms with Crippen LogP contribution in [0.1, 0.15) is 46.0 Å². The number of thioether (sulfide) groups is 1. The molecule has 29 heavy (non-hydrogen) atoms. The molecule has 1 atom stereocenters. The van der Waals surface area contributed by atoms with Crippen molar-refractivity contribution in [2.24, 2.45) is 5.92 Å². The van der Waals surface area contributed by atoms with Gasteiger partial charge < -0.3 is 15.0 Å². The smallest absolute Gasteiger partial charge is 0.321 e. The third kappa shape index (κ3) is 6.33. The van der Waals surface area contributed by atoms with Crippen LogP contribution in [-0.4, -0.2) is 64.8 Å². The molecule has 3 amide bonds. The Hall–Kier alpha value is -1.81. The zero-order chi connectivity index (χ0) is 20.6. The van der Waals surface area contributed by atoms with E-state index >= 15 is 0 Å². The van der Waals surface area contributed by atoms with Crippen LogP contribution in [0.4, 0.5) is 10.7 Å². The number of rotatable bonds is 8. The van der Waals surface area contributed by atoms with Gasteiger partial charge in [0.25, 0.3) is 0 Å². The predicted molar refractivity (Wildman–Crippen MR) is 112 cm³/mol. The molecule has 0 aliphatic carbocycles. The summed E-state index contributed by atoms with van der Waals surface area (Å²) in [6.07, 6.45) is 5.36. The fourth-order valence-electron chi connectivity index (χ4n) is 3.56. The Morgan fingerprint density at radius 2 is 2.03 bits per heavy atom. The molecule has 1 unspecified atom stereocenters. The number of urea groups is 1. The highest BCUT2D eigenvalue weighted by Gasteiger charge is 2.26. The first-order valence-electron chi connectivity index (χ1n) is 10.6. The zero-order valence-corrected chi connectivity index (χ0v) is 18.2. The number of aromatic nitrogens is 3. The molecule has 3 heterocycles. The van der Waals surface area contributed by atoms with Crippen LogP contribution < -0.4 is 15.5 Å². The van der Waals surface area contributed by atoms with Gasteiger partial charge in [0.05, 0.1) is 18.4 Å². The van der Waals surface area contributed by atoms with E-state index in [-0.39, 0.29) is 17.8 Å². The van der Waals surface area contributed by atoms with Gasteiger partial charge in [0.1, 0.15) is 0 Å². The number of nitrogens with one attached hydrogen (secondary N) is 2. The monoisotopic (exact) mass is 424 g/mol. The highest BCUT2D eigenvalue weighted by molar-refractivity contribution is 7.99. The highest BCUT2D eigenvalue weighted by Crippen LogP contribution is 2.27. The first-order valence-corrected chi connectivity index (χ1v) is 11.6. The van der Waals surface area contributed by atoms with Crippen LogP contribution >= 0.6 is 11.8 Å². The molecule has 1 aromatic rings. The van der Waals surface area contributed by atoms with Crippen LogP contribution in [0.3, 0.4) is 0 Å². The average molecular weight is 425 g/mol. The predicted octanol–water partition coefficient (Wildman–Crippen LogP) is 2.02. The van der Waals surface area contributed by atoms with Crippen molar-refractivity contribution in [1.29, 1.82) is 0 Å². The normalized spacial score (nSPS) is 20.1. The molecule has 9 nitrogen and oxygen atoms in total. The Morgan fingerprint density at radius 3 is 2.72 bits per heavy atom. The summed E-state index contributed by atoms with van der Waals surface area (Å²) < 4.78 is 7.90. The van der Waals surface area contributed by atoms with Crippen molar-refractivity contribution in [1.82, 2.24) is 25.4 Å². The molecular formula is C19H32N6O3S. The van der Waals surface area contributed by atoms with E-state index in [9.17, 15) is 9.59 Å². The lowest BCUT2D eigenvalue weighted by atomic mass is 10.00. The molecule has 162 valence electrons. The molecule has 10 heteroatoms. The molecular weight excluding hydrogens is 392 g/mol. The van der Waals surface area contributed by atoms with Gasteiger partial charge in [0, 0.05) is 26.2 Å². The topological polar surface area (TPSA) is 101 Å². The van der Waals surface area contributed by atoms with E-state index < -0.39 is 6.03 Å². The van der Waals surface area contributed by atoms with Gasteiger partial charge in [-0.1, -0.05) is 25.6 Å². The number of anilines is 1. The molecule has 2 aliphatic heterocycles. The molecule has 2 aliphatic rings. The van der Waals surface area contributed by atoms with E-state index in [4.69, 9.17) is 4.74 Å². The summed E-state index contributed by atoms with van der Waals surface area (Å²) in [5.41, 5.74) is 0. The minimum absolute atomic E-state index is 0.111. The lowest BCUT2D eigenvalue weighted by Gasteiger charge is -2.31. The Bertz CT molecular complexity index is 683. The number of carbonyl (C=O) groups is 2. The number of imide groups is 1. The second-order valence-corrected chi connectivity index (χ2v) is 8.73. The van der Waals surface area contributed by atoms with Gasteiger partial charge in [-0.2, -0.15) is 0 Å². The number of carbonyl (C=O) groups excluding carboxylic acids is 2. The maximum atomic E-state index is 12.1. The number of hydrogen-bond donors (Lipinski definition) is 2. The highest BCUT2D eigenvalue weighted by atomic mass is 32.2. The lowest BCUT2D eigenvalue weighted by Crippen LogP contribution is -2.40. The van der Waals surface area contributed by atoms with Crippen molar-refractivity contribution in [3.63, 3.8) is 0 Å². The number of amides is 3. The molecule has 1 aromatic heterocycles. The van der Waals surface area contributed by atoms with Crippen molar-refractivity contribution < 1.29 is 14.3 Å². The molecule has 3 rings (SSSR count). The summed E-state index contributed by atoms with van der Waals surface area (Å²) >= 11 is 1.30. The van der Waals surface area contributed by atoms with Gasteiger partial charge in [0.15, 0.2) is 5.16 Å². The number of nitrogens with zero attached hydrogens (tertiary/aromatic N) is 4. The Labute approximate surface area is 176 Å². The van der Waals surface area contributed by atoms with Crippen molar-refractivity contribution in [3.05, 3.63) is 0 Å². The number of piperidine rings is 1. The van der Waals surface area contributed by atoms with Crippen LogP contribution in [0.15, 0.2) is 5.16 Å². The summed E-state index contributed by atoms with van der Waals surface area (Å²) in [7, 11) is 0. The summed E-state index contributed by atoms with van der Waals surface area (Å²) in [4.78, 5) is 26.0. The standard InChI is InChI=1S/C19H32N6O3S/c1-3-8-20-17(27)21-16(26)13-29-19-23-22-18(24-9-6-14(2)7-10-24)25(19)12-15-5-4-11-28-15/h14-15H,3-13H2,1-2H3,(H2,20,21,26,27). The van der Waals surface area contributed by atoms with Crippen molar-refractivity contribution >= 4 is 29.6 Å². The molecule has 0 radical (unpaired) electrons. The van der Waals surface area contributed by atoms with Crippen molar-refractivity contribution in [3.8, 4) is 0 Å². The third-order valence-corrected chi connectivity index (χ3v) is 6.26. The molecule has 0 aromatic carbocycles. The summed E-state index contributed by atoms with van der Waals surface area (Å²) in [6.45, 7) is 8.20. The summed E-state index contributed by atoms with van der Waals surface area (Å²) in [6, 6.07) is -0.457. The SMILES string of the molecule is CCCNC(=O)NC(=O)CSc1nnc(N2CCC(C)CC2)n1CC1CCCO1. The maximum Gasteiger partial charge on any atom is 0.321 e. The van der Waals surface area contributed by atoms with Crippen LogP contribution in [0.25, 0.3) is 0 Å². The first kappa shape index (κ1) is 21.9. The number of hydrogen-bond acceptors (Lipinski definition) is 7. The fraction of sp³-hybridized carbons (Fsp3) is 0.789. The van der Waals surface area contributed by atoms with Crippen LogP contribution in [0.5, 0.6) is 0 Å². The Kier molecular flexibility index (Phi) is 8.17. The molecule has 2 N–H and O–H groups in total. The quantitative estimate of drug-likeness (QED) is 0.616. The minimum atomic E-state index is -0.457.